The zero-order valence-electron chi connectivity index (χ0n) is 17.8. The molecule has 2 fully saturated rings. The number of thioether (sulfide) groups is 2. The molecule has 174 valence electrons. The summed E-state index contributed by atoms with van der Waals surface area (Å²) in [6.07, 6.45) is -0.0877. The van der Waals surface area contributed by atoms with E-state index in [1.165, 1.54) is 28.4 Å². The van der Waals surface area contributed by atoms with Gasteiger partial charge in [0.1, 0.15) is 5.37 Å². The van der Waals surface area contributed by atoms with Gasteiger partial charge in [0.05, 0.1) is 16.3 Å². The van der Waals surface area contributed by atoms with Gasteiger partial charge < -0.3 is 19.3 Å². The largest absolute Gasteiger partial charge is 0.426 e. The zero-order valence-corrected chi connectivity index (χ0v) is 20.3. The van der Waals surface area contributed by atoms with Gasteiger partial charge >= 0.3 is 11.9 Å². The Morgan fingerprint density at radius 3 is 2.68 bits per heavy atom. The van der Waals surface area contributed by atoms with Crippen LogP contribution in [0.3, 0.4) is 0 Å². The smallest absolute Gasteiger partial charge is 0.359 e. The molecule has 5 atom stereocenters. The van der Waals surface area contributed by atoms with Gasteiger partial charge in [-0.05, 0) is 34.1 Å². The summed E-state index contributed by atoms with van der Waals surface area (Å²) in [5.41, 5.74) is -1.08. The zero-order chi connectivity index (χ0) is 22.9. The lowest BCUT2D eigenvalue weighted by molar-refractivity contribution is -0.183. The SMILES string of the molecule is CCOC(C)(C)C(=O)OCOC(=O)C1=C(SC2CCS(=O)C2)SC2C(C(C)O)C(=O)N12. The number of rotatable bonds is 9. The maximum Gasteiger partial charge on any atom is 0.359 e. The fraction of sp³-hybridized carbons (Fsp3) is 0.737. The second-order valence-electron chi connectivity index (χ2n) is 7.88. The molecule has 31 heavy (non-hydrogen) atoms. The fourth-order valence-corrected chi connectivity index (χ4v) is 8.75. The van der Waals surface area contributed by atoms with Gasteiger partial charge in [-0.15, -0.1) is 11.8 Å². The highest BCUT2D eigenvalue weighted by Crippen LogP contribution is 2.55. The van der Waals surface area contributed by atoms with Crippen LogP contribution < -0.4 is 0 Å². The van der Waals surface area contributed by atoms with Gasteiger partial charge in [0.15, 0.2) is 11.3 Å². The highest BCUT2D eigenvalue weighted by atomic mass is 32.2. The molecule has 0 aromatic heterocycles. The maximum absolute atomic E-state index is 12.8. The summed E-state index contributed by atoms with van der Waals surface area (Å²) in [4.78, 5) is 38.8. The molecule has 0 aromatic carbocycles. The molecule has 1 amide bonds. The number of carbonyl (C=O) groups excluding carboxylic acids is 3. The summed E-state index contributed by atoms with van der Waals surface area (Å²) >= 11 is 2.75. The Hall–Kier alpha value is -1.08. The van der Waals surface area contributed by atoms with Crippen molar-refractivity contribution in [3.63, 3.8) is 0 Å². The average Bonchev–Trinajstić information content (AvgIpc) is 3.22. The summed E-state index contributed by atoms with van der Waals surface area (Å²) in [5, 5.41) is 9.62. The third kappa shape index (κ3) is 5.13. The molecule has 12 heteroatoms. The van der Waals surface area contributed by atoms with Crippen LogP contribution in [-0.2, 0) is 39.4 Å². The van der Waals surface area contributed by atoms with Crippen molar-refractivity contribution in [2.75, 3.05) is 24.9 Å². The molecule has 0 radical (unpaired) electrons. The average molecular weight is 494 g/mol. The molecule has 1 N–H and O–H groups in total. The maximum atomic E-state index is 12.8. The van der Waals surface area contributed by atoms with Crippen LogP contribution in [-0.4, -0.2) is 79.3 Å². The molecule has 3 aliphatic rings. The van der Waals surface area contributed by atoms with E-state index in [1.54, 1.807) is 27.7 Å². The Labute approximate surface area is 192 Å². The van der Waals surface area contributed by atoms with E-state index < -0.39 is 47.2 Å². The predicted octanol–water partition coefficient (Wildman–Crippen LogP) is 1.18. The lowest BCUT2D eigenvalue weighted by Gasteiger charge is -2.43. The Morgan fingerprint density at radius 2 is 2.10 bits per heavy atom. The van der Waals surface area contributed by atoms with Crippen LogP contribution in [0.1, 0.15) is 34.1 Å². The van der Waals surface area contributed by atoms with Crippen LogP contribution in [0.25, 0.3) is 0 Å². The van der Waals surface area contributed by atoms with Crippen molar-refractivity contribution in [1.82, 2.24) is 4.90 Å². The molecule has 0 aromatic rings. The van der Waals surface area contributed by atoms with E-state index in [0.717, 1.165) is 6.42 Å². The van der Waals surface area contributed by atoms with E-state index in [-0.39, 0.29) is 22.2 Å². The molecule has 3 aliphatic heterocycles. The van der Waals surface area contributed by atoms with Gasteiger partial charge in [0.25, 0.3) is 0 Å². The van der Waals surface area contributed by atoms with Crippen molar-refractivity contribution < 1.29 is 37.9 Å². The van der Waals surface area contributed by atoms with E-state index in [9.17, 15) is 23.7 Å². The molecular formula is C19H27NO8S3. The Morgan fingerprint density at radius 1 is 1.39 bits per heavy atom. The Kier molecular flexibility index (Phi) is 7.78. The minimum atomic E-state index is -1.17. The Balaban J connectivity index is 1.69. The minimum Gasteiger partial charge on any atom is -0.426 e. The van der Waals surface area contributed by atoms with Crippen molar-refractivity contribution >= 4 is 52.2 Å². The first-order valence-electron chi connectivity index (χ1n) is 9.98. The van der Waals surface area contributed by atoms with Crippen LogP contribution in [0.5, 0.6) is 0 Å². The Bertz CT molecular complexity index is 812. The molecule has 2 saturated heterocycles. The highest BCUT2D eigenvalue weighted by Gasteiger charge is 2.58. The summed E-state index contributed by atoms with van der Waals surface area (Å²) in [6.45, 7) is 6.11. The number of aliphatic hydroxyl groups excluding tert-OH is 1. The molecule has 0 bridgehead atoms. The fourth-order valence-electron chi connectivity index (χ4n) is 3.50. The molecule has 5 unspecified atom stereocenters. The van der Waals surface area contributed by atoms with E-state index in [2.05, 4.69) is 0 Å². The summed E-state index contributed by atoms with van der Waals surface area (Å²) in [6, 6.07) is 0. The molecule has 0 aliphatic carbocycles. The second-order valence-corrected chi connectivity index (χ2v) is 12.2. The molecular weight excluding hydrogens is 466 g/mol. The number of fused-ring (bicyclic) bond motifs is 1. The van der Waals surface area contributed by atoms with Gasteiger partial charge in [0.2, 0.25) is 12.7 Å². The topological polar surface area (TPSA) is 119 Å². The second kappa shape index (κ2) is 9.82. The van der Waals surface area contributed by atoms with Crippen LogP contribution in [0.2, 0.25) is 0 Å². The van der Waals surface area contributed by atoms with Crippen LogP contribution in [0.15, 0.2) is 9.93 Å². The normalized spacial score (nSPS) is 28.9. The number of hydrogen-bond acceptors (Lipinski definition) is 10. The van der Waals surface area contributed by atoms with E-state index in [1.807, 2.05) is 0 Å². The number of aliphatic hydroxyl groups is 1. The van der Waals surface area contributed by atoms with E-state index >= 15 is 0 Å². The summed E-state index contributed by atoms with van der Waals surface area (Å²) in [5.74, 6) is -1.26. The molecule has 0 saturated carbocycles. The van der Waals surface area contributed by atoms with Crippen LogP contribution >= 0.6 is 23.5 Å². The van der Waals surface area contributed by atoms with Crippen molar-refractivity contribution in [3.8, 4) is 0 Å². The number of nitrogens with zero attached hydrogens (tertiary/aromatic N) is 1. The van der Waals surface area contributed by atoms with Crippen molar-refractivity contribution in [2.24, 2.45) is 5.92 Å². The van der Waals surface area contributed by atoms with Gasteiger partial charge in [0, 0.05) is 34.2 Å². The number of hydrogen-bond donors (Lipinski definition) is 1. The lowest BCUT2D eigenvalue weighted by atomic mass is 9.92. The van der Waals surface area contributed by atoms with Crippen molar-refractivity contribution in [3.05, 3.63) is 9.93 Å². The third-order valence-corrected chi connectivity index (χ3v) is 9.70. The lowest BCUT2D eigenvalue weighted by Crippen LogP contribution is -2.60. The van der Waals surface area contributed by atoms with Crippen molar-refractivity contribution in [2.45, 2.75) is 56.4 Å². The van der Waals surface area contributed by atoms with Crippen LogP contribution in [0, 0.1) is 5.92 Å². The third-order valence-electron chi connectivity index (χ3n) is 5.15. The minimum absolute atomic E-state index is 0.0785. The summed E-state index contributed by atoms with van der Waals surface area (Å²) in [7, 11) is -0.877. The van der Waals surface area contributed by atoms with Gasteiger partial charge in [-0.25, -0.2) is 9.59 Å². The monoisotopic (exact) mass is 493 g/mol. The summed E-state index contributed by atoms with van der Waals surface area (Å²) < 4.78 is 27.8. The highest BCUT2D eigenvalue weighted by molar-refractivity contribution is 8.23. The van der Waals surface area contributed by atoms with E-state index in [0.29, 0.717) is 22.3 Å². The molecule has 9 nitrogen and oxygen atoms in total. The quantitative estimate of drug-likeness (QED) is 0.285. The first-order chi connectivity index (χ1) is 14.6. The van der Waals surface area contributed by atoms with Crippen molar-refractivity contribution in [1.29, 1.82) is 0 Å². The first-order valence-corrected chi connectivity index (χ1v) is 13.2. The number of carbonyl (C=O) groups is 3. The predicted molar refractivity (Wildman–Crippen MR) is 117 cm³/mol. The van der Waals surface area contributed by atoms with Gasteiger partial charge in [-0.2, -0.15) is 0 Å². The van der Waals surface area contributed by atoms with Gasteiger partial charge in [-0.1, -0.05) is 11.8 Å². The van der Waals surface area contributed by atoms with E-state index in [4.69, 9.17) is 14.2 Å². The number of amides is 1. The van der Waals surface area contributed by atoms with Gasteiger partial charge in [-0.3, -0.25) is 13.9 Å². The molecule has 3 rings (SSSR count). The molecule has 3 heterocycles. The standard InChI is InChI=1S/C19H27NO8S3/c1-5-28-19(3,4)18(24)27-9-26-16(23)13-17(29-11-6-7-31(25)8-11)30-15-12(10(2)21)14(22)20(13)15/h10-12,15,21H,5-9H2,1-4H3. The number of esters is 2. The number of β-lactam (4-membered cyclic amide) rings is 1. The van der Waals surface area contributed by atoms with Crippen LogP contribution in [0.4, 0.5) is 0 Å². The first kappa shape index (κ1) is 24.6. The number of ether oxygens (including phenoxy) is 3. The molecule has 0 spiro atoms.